The minimum absolute atomic E-state index is 0. The molecule has 2 N–H and O–H groups in total. The van der Waals surface area contributed by atoms with E-state index in [4.69, 9.17) is 4.74 Å². The third-order valence-corrected chi connectivity index (χ3v) is 3.87. The highest BCUT2D eigenvalue weighted by atomic mass is 127. The van der Waals surface area contributed by atoms with Crippen LogP contribution < -0.4 is 10.6 Å². The molecule has 0 saturated heterocycles. The van der Waals surface area contributed by atoms with E-state index in [1.807, 2.05) is 42.6 Å². The van der Waals surface area contributed by atoms with E-state index in [-0.39, 0.29) is 30.1 Å². The average Bonchev–Trinajstić information content (AvgIpc) is 2.67. The maximum Gasteiger partial charge on any atom is 0.190 e. The van der Waals surface area contributed by atoms with E-state index >= 15 is 0 Å². The van der Waals surface area contributed by atoms with E-state index in [9.17, 15) is 0 Å². The van der Waals surface area contributed by atoms with Gasteiger partial charge in [0, 0.05) is 45.1 Å². The van der Waals surface area contributed by atoms with Crippen LogP contribution in [0.25, 0.3) is 0 Å². The Morgan fingerprint density at radius 3 is 2.50 bits per heavy atom. The molecular weight excluding hydrogens is 439 g/mol. The van der Waals surface area contributed by atoms with Crippen LogP contribution in [0.1, 0.15) is 30.7 Å². The van der Waals surface area contributed by atoms with Crippen LogP contribution in [0, 0.1) is 0 Å². The Balaban J connectivity index is 0.00000338. The van der Waals surface area contributed by atoms with Gasteiger partial charge in [0.2, 0.25) is 0 Å². The maximum atomic E-state index is 5.87. The molecule has 1 unspecified atom stereocenters. The van der Waals surface area contributed by atoms with Crippen molar-refractivity contribution in [3.05, 3.63) is 66.0 Å². The fourth-order valence-corrected chi connectivity index (χ4v) is 2.43. The molecule has 0 aliphatic carbocycles. The molecule has 1 aromatic carbocycles. The first-order valence-electron chi connectivity index (χ1n) is 8.80. The van der Waals surface area contributed by atoms with Crippen molar-refractivity contribution < 1.29 is 4.74 Å². The number of rotatable bonds is 9. The summed E-state index contributed by atoms with van der Waals surface area (Å²) in [5.41, 5.74) is 2.29. The first kappa shape index (κ1) is 22.4. The number of halogens is 1. The summed E-state index contributed by atoms with van der Waals surface area (Å²) < 4.78 is 5.87. The molecule has 6 heteroatoms. The van der Waals surface area contributed by atoms with Crippen LogP contribution in [0.4, 0.5) is 0 Å². The number of nitrogens with zero attached hydrogens (tertiary/aromatic N) is 2. The Morgan fingerprint density at radius 2 is 1.81 bits per heavy atom. The van der Waals surface area contributed by atoms with Gasteiger partial charge in [-0.15, -0.1) is 24.0 Å². The Bertz CT molecular complexity index is 622. The zero-order valence-corrected chi connectivity index (χ0v) is 17.9. The number of guanidine groups is 1. The van der Waals surface area contributed by atoms with E-state index < -0.39 is 0 Å². The summed E-state index contributed by atoms with van der Waals surface area (Å²) >= 11 is 0. The number of aliphatic imine (C=N–C) groups is 1. The summed E-state index contributed by atoms with van der Waals surface area (Å²) in [4.78, 5) is 8.55. The van der Waals surface area contributed by atoms with Crippen LogP contribution in [-0.2, 0) is 11.2 Å². The number of ether oxygens (including phenoxy) is 1. The SMILES string of the molecule is CN=C(NCCCOC(C)c1ccccc1)NCCc1ccccn1.I. The standard InChI is InChI=1S/C20H28N4O.HI/c1-17(18-9-4-3-5-10-18)25-16-8-14-23-20(21-2)24-15-12-19-11-6-7-13-22-19;/h3-7,9-11,13,17H,8,12,14-16H2,1-2H3,(H2,21,23,24);1H. The van der Waals surface area contributed by atoms with Gasteiger partial charge in [0.25, 0.3) is 0 Å². The maximum absolute atomic E-state index is 5.87. The van der Waals surface area contributed by atoms with Gasteiger partial charge in [-0.2, -0.15) is 0 Å². The van der Waals surface area contributed by atoms with Crippen molar-refractivity contribution in [2.24, 2.45) is 4.99 Å². The first-order valence-corrected chi connectivity index (χ1v) is 8.80. The van der Waals surface area contributed by atoms with E-state index in [0.717, 1.165) is 37.6 Å². The highest BCUT2D eigenvalue weighted by Crippen LogP contribution is 2.15. The van der Waals surface area contributed by atoms with Gasteiger partial charge in [-0.3, -0.25) is 9.98 Å². The Labute approximate surface area is 173 Å². The third kappa shape index (κ3) is 8.62. The molecule has 1 heterocycles. The van der Waals surface area contributed by atoms with Crippen LogP contribution in [0.3, 0.4) is 0 Å². The molecule has 0 aliphatic rings. The van der Waals surface area contributed by atoms with Crippen molar-refractivity contribution in [2.75, 3.05) is 26.7 Å². The van der Waals surface area contributed by atoms with Crippen LogP contribution in [0.15, 0.2) is 59.7 Å². The molecule has 1 aromatic heterocycles. The molecule has 0 saturated carbocycles. The van der Waals surface area contributed by atoms with Crippen molar-refractivity contribution >= 4 is 29.9 Å². The molecule has 0 radical (unpaired) electrons. The quantitative estimate of drug-likeness (QED) is 0.256. The molecule has 142 valence electrons. The summed E-state index contributed by atoms with van der Waals surface area (Å²) in [6.07, 6.45) is 3.74. The van der Waals surface area contributed by atoms with Crippen LogP contribution >= 0.6 is 24.0 Å². The number of hydrogen-bond donors (Lipinski definition) is 2. The third-order valence-electron chi connectivity index (χ3n) is 3.87. The number of pyridine rings is 1. The Kier molecular flexibility index (Phi) is 11.6. The lowest BCUT2D eigenvalue weighted by atomic mass is 10.1. The van der Waals surface area contributed by atoms with Gasteiger partial charge in [0.05, 0.1) is 6.10 Å². The van der Waals surface area contributed by atoms with Gasteiger partial charge >= 0.3 is 0 Å². The highest BCUT2D eigenvalue weighted by molar-refractivity contribution is 14.0. The number of hydrogen-bond acceptors (Lipinski definition) is 3. The monoisotopic (exact) mass is 468 g/mol. The largest absolute Gasteiger partial charge is 0.374 e. The smallest absolute Gasteiger partial charge is 0.190 e. The van der Waals surface area contributed by atoms with Crippen LogP contribution in [0.2, 0.25) is 0 Å². The molecule has 0 fully saturated rings. The van der Waals surface area contributed by atoms with E-state index in [0.29, 0.717) is 6.61 Å². The molecule has 0 amide bonds. The van der Waals surface area contributed by atoms with Gasteiger partial charge in [-0.25, -0.2) is 0 Å². The second kappa shape index (κ2) is 13.5. The predicted molar refractivity (Wildman–Crippen MR) is 118 cm³/mol. The lowest BCUT2D eigenvalue weighted by molar-refractivity contribution is 0.0646. The summed E-state index contributed by atoms with van der Waals surface area (Å²) in [6, 6.07) is 16.3. The Hall–Kier alpha value is -1.67. The highest BCUT2D eigenvalue weighted by Gasteiger charge is 2.04. The summed E-state index contributed by atoms with van der Waals surface area (Å²) in [5, 5.41) is 6.61. The summed E-state index contributed by atoms with van der Waals surface area (Å²) in [6.45, 7) is 4.43. The normalized spacial score (nSPS) is 12.2. The van der Waals surface area contributed by atoms with E-state index in [2.05, 4.69) is 39.7 Å². The van der Waals surface area contributed by atoms with Gasteiger partial charge in [0.15, 0.2) is 5.96 Å². The fraction of sp³-hybridized carbons (Fsp3) is 0.400. The second-order valence-electron chi connectivity index (χ2n) is 5.77. The fourth-order valence-electron chi connectivity index (χ4n) is 2.43. The minimum Gasteiger partial charge on any atom is -0.374 e. The van der Waals surface area contributed by atoms with E-state index in [1.165, 1.54) is 5.56 Å². The molecule has 0 spiro atoms. The summed E-state index contributed by atoms with van der Waals surface area (Å²) in [7, 11) is 1.78. The first-order chi connectivity index (χ1) is 12.3. The number of benzene rings is 1. The molecular formula is C20H29IN4O. The van der Waals surface area contributed by atoms with Crippen molar-refractivity contribution in [3.63, 3.8) is 0 Å². The second-order valence-corrected chi connectivity index (χ2v) is 5.77. The molecule has 5 nitrogen and oxygen atoms in total. The zero-order valence-electron chi connectivity index (χ0n) is 15.5. The molecule has 0 aliphatic heterocycles. The van der Waals surface area contributed by atoms with Gasteiger partial charge in [-0.1, -0.05) is 36.4 Å². The minimum atomic E-state index is 0. The van der Waals surface area contributed by atoms with Gasteiger partial charge in [0.1, 0.15) is 0 Å². The number of aromatic nitrogens is 1. The van der Waals surface area contributed by atoms with Gasteiger partial charge in [-0.05, 0) is 31.0 Å². The molecule has 26 heavy (non-hydrogen) atoms. The number of nitrogens with one attached hydrogen (secondary N) is 2. The molecule has 0 bridgehead atoms. The predicted octanol–water partition coefficient (Wildman–Crippen LogP) is 3.58. The van der Waals surface area contributed by atoms with Crippen LogP contribution in [0.5, 0.6) is 0 Å². The lowest BCUT2D eigenvalue weighted by Gasteiger charge is -2.14. The van der Waals surface area contributed by atoms with Crippen molar-refractivity contribution in [1.82, 2.24) is 15.6 Å². The van der Waals surface area contributed by atoms with Crippen molar-refractivity contribution in [2.45, 2.75) is 25.9 Å². The van der Waals surface area contributed by atoms with Crippen molar-refractivity contribution in [3.8, 4) is 0 Å². The summed E-state index contributed by atoms with van der Waals surface area (Å²) in [5.74, 6) is 0.812. The lowest BCUT2D eigenvalue weighted by Crippen LogP contribution is -2.39. The Morgan fingerprint density at radius 1 is 1.08 bits per heavy atom. The zero-order chi connectivity index (χ0) is 17.7. The van der Waals surface area contributed by atoms with Gasteiger partial charge < -0.3 is 15.4 Å². The molecule has 1 atom stereocenters. The topological polar surface area (TPSA) is 58.5 Å². The molecule has 2 rings (SSSR count). The molecule has 2 aromatic rings. The average molecular weight is 468 g/mol. The van der Waals surface area contributed by atoms with E-state index in [1.54, 1.807) is 7.05 Å². The van der Waals surface area contributed by atoms with Crippen molar-refractivity contribution in [1.29, 1.82) is 0 Å². The van der Waals surface area contributed by atoms with Crippen LogP contribution in [-0.4, -0.2) is 37.7 Å².